The molecule has 2 aromatic heterocycles. The summed E-state index contributed by atoms with van der Waals surface area (Å²) in [6, 6.07) is 8.11. The van der Waals surface area contributed by atoms with Crippen molar-refractivity contribution in [3.63, 3.8) is 0 Å². The summed E-state index contributed by atoms with van der Waals surface area (Å²) >= 11 is 0. The van der Waals surface area contributed by atoms with Crippen LogP contribution in [0, 0.1) is 11.3 Å². The Morgan fingerprint density at radius 1 is 1.14 bits per heavy atom. The first-order valence-electron chi connectivity index (χ1n) is 9.75. The highest BCUT2D eigenvalue weighted by atomic mass is 16.5. The van der Waals surface area contributed by atoms with Gasteiger partial charge in [0.15, 0.2) is 0 Å². The van der Waals surface area contributed by atoms with E-state index in [1.165, 1.54) is 0 Å². The molecule has 8 heteroatoms. The number of anilines is 3. The zero-order chi connectivity index (χ0) is 19.3. The molecular weight excluding hydrogens is 354 g/mol. The second-order valence-corrected chi connectivity index (χ2v) is 7.15. The van der Waals surface area contributed by atoms with E-state index in [0.29, 0.717) is 5.56 Å². The highest BCUT2D eigenvalue weighted by molar-refractivity contribution is 5.54. The molecule has 0 radical (unpaired) electrons. The molecule has 1 unspecified atom stereocenters. The molecule has 2 aliphatic heterocycles. The molecule has 0 spiro atoms. The minimum absolute atomic E-state index is 0.266. The zero-order valence-electron chi connectivity index (χ0n) is 16.2. The summed E-state index contributed by atoms with van der Waals surface area (Å²) in [6.07, 6.45) is 5.68. The zero-order valence-corrected chi connectivity index (χ0v) is 16.2. The second-order valence-electron chi connectivity index (χ2n) is 7.15. The van der Waals surface area contributed by atoms with E-state index in [1.54, 1.807) is 12.3 Å². The van der Waals surface area contributed by atoms with Crippen LogP contribution in [0.5, 0.6) is 0 Å². The average Bonchev–Trinajstić information content (AvgIpc) is 2.79. The molecule has 0 amide bonds. The number of hydrogen-bond donors (Lipinski definition) is 0. The highest BCUT2D eigenvalue weighted by Crippen LogP contribution is 2.25. The Bertz CT molecular complexity index is 846. The largest absolute Gasteiger partial charge is 0.378 e. The second kappa shape index (κ2) is 8.40. The molecule has 0 aliphatic carbocycles. The third-order valence-electron chi connectivity index (χ3n) is 5.43. The number of aromatic nitrogens is 3. The number of ether oxygens (including phenoxy) is 1. The van der Waals surface area contributed by atoms with E-state index in [4.69, 9.17) is 9.72 Å². The number of nitrogens with zero attached hydrogens (tertiary/aromatic N) is 7. The number of morpholine rings is 1. The van der Waals surface area contributed by atoms with Crippen LogP contribution in [0.15, 0.2) is 30.6 Å². The smallest absolute Gasteiger partial charge is 0.227 e. The molecule has 4 rings (SSSR count). The van der Waals surface area contributed by atoms with Gasteiger partial charge in [-0.3, -0.25) is 0 Å². The van der Waals surface area contributed by atoms with Gasteiger partial charge in [-0.05, 0) is 31.0 Å². The molecule has 2 aromatic rings. The van der Waals surface area contributed by atoms with E-state index in [9.17, 15) is 5.26 Å². The SMILES string of the molecule is CN(c1nccc(N2CCOCC2)n1)C1CCCN(c2ncccc2C#N)C1. The summed E-state index contributed by atoms with van der Waals surface area (Å²) in [5.74, 6) is 2.45. The Kier molecular flexibility index (Phi) is 5.53. The first-order valence-corrected chi connectivity index (χ1v) is 9.75. The topological polar surface area (TPSA) is 81.4 Å². The Balaban J connectivity index is 1.50. The van der Waals surface area contributed by atoms with Crippen molar-refractivity contribution in [3.05, 3.63) is 36.2 Å². The van der Waals surface area contributed by atoms with Gasteiger partial charge in [-0.15, -0.1) is 0 Å². The van der Waals surface area contributed by atoms with Crippen LogP contribution in [0.1, 0.15) is 18.4 Å². The standard InChI is InChI=1S/C20H25N7O/c1-25(20-23-8-6-18(24-20)26-10-12-28-13-11-26)17-5-3-9-27(15-17)19-16(14-21)4-2-7-22-19/h2,4,6-8,17H,3,5,9-13,15H2,1H3. The third kappa shape index (κ3) is 3.85. The van der Waals surface area contributed by atoms with Gasteiger partial charge in [0.05, 0.1) is 18.8 Å². The fraction of sp³-hybridized carbons (Fsp3) is 0.500. The fourth-order valence-electron chi connectivity index (χ4n) is 3.84. The van der Waals surface area contributed by atoms with E-state index < -0.39 is 0 Å². The van der Waals surface area contributed by atoms with Crippen LogP contribution in [0.4, 0.5) is 17.6 Å². The molecule has 1 atom stereocenters. The molecular formula is C20H25N7O. The normalized spacial score (nSPS) is 19.9. The first-order chi connectivity index (χ1) is 13.8. The maximum atomic E-state index is 9.40. The summed E-state index contributed by atoms with van der Waals surface area (Å²) in [7, 11) is 2.05. The molecule has 2 saturated heterocycles. The molecule has 146 valence electrons. The van der Waals surface area contributed by atoms with Crippen molar-refractivity contribution in [2.75, 3.05) is 61.1 Å². The molecule has 4 heterocycles. The van der Waals surface area contributed by atoms with Crippen LogP contribution in [-0.2, 0) is 4.74 Å². The van der Waals surface area contributed by atoms with Gasteiger partial charge in [-0.25, -0.2) is 9.97 Å². The molecule has 0 aromatic carbocycles. The van der Waals surface area contributed by atoms with Crippen LogP contribution < -0.4 is 14.7 Å². The summed E-state index contributed by atoms with van der Waals surface area (Å²) in [5.41, 5.74) is 0.622. The minimum atomic E-state index is 0.266. The van der Waals surface area contributed by atoms with Crippen LogP contribution in [0.2, 0.25) is 0 Å². The van der Waals surface area contributed by atoms with Crippen LogP contribution in [0.3, 0.4) is 0 Å². The van der Waals surface area contributed by atoms with E-state index in [-0.39, 0.29) is 6.04 Å². The lowest BCUT2D eigenvalue weighted by Gasteiger charge is -2.38. The van der Waals surface area contributed by atoms with Crippen molar-refractivity contribution in [2.24, 2.45) is 0 Å². The van der Waals surface area contributed by atoms with Crippen molar-refractivity contribution in [1.29, 1.82) is 5.26 Å². The van der Waals surface area contributed by atoms with Crippen molar-refractivity contribution < 1.29 is 4.74 Å². The van der Waals surface area contributed by atoms with Gasteiger partial charge in [-0.1, -0.05) is 0 Å². The molecule has 2 fully saturated rings. The van der Waals surface area contributed by atoms with Gasteiger partial charge in [0.2, 0.25) is 5.95 Å². The molecule has 0 N–H and O–H groups in total. The molecule has 0 bridgehead atoms. The van der Waals surface area contributed by atoms with Crippen molar-refractivity contribution in [1.82, 2.24) is 15.0 Å². The van der Waals surface area contributed by atoms with Crippen LogP contribution in [0.25, 0.3) is 0 Å². The quantitative estimate of drug-likeness (QED) is 0.794. The predicted molar refractivity (Wildman–Crippen MR) is 108 cm³/mol. The van der Waals surface area contributed by atoms with Crippen LogP contribution >= 0.6 is 0 Å². The lowest BCUT2D eigenvalue weighted by Crippen LogP contribution is -2.47. The number of nitriles is 1. The lowest BCUT2D eigenvalue weighted by molar-refractivity contribution is 0.122. The number of pyridine rings is 1. The van der Waals surface area contributed by atoms with E-state index in [0.717, 1.165) is 69.8 Å². The van der Waals surface area contributed by atoms with Gasteiger partial charge in [0.25, 0.3) is 0 Å². The van der Waals surface area contributed by atoms with Gasteiger partial charge in [0.1, 0.15) is 17.7 Å². The average molecular weight is 379 g/mol. The number of piperidine rings is 1. The molecule has 0 saturated carbocycles. The minimum Gasteiger partial charge on any atom is -0.378 e. The molecule has 2 aliphatic rings. The first kappa shape index (κ1) is 18.4. The van der Waals surface area contributed by atoms with Gasteiger partial charge in [-0.2, -0.15) is 10.2 Å². The fourth-order valence-corrected chi connectivity index (χ4v) is 3.84. The van der Waals surface area contributed by atoms with E-state index >= 15 is 0 Å². The highest BCUT2D eigenvalue weighted by Gasteiger charge is 2.27. The van der Waals surface area contributed by atoms with E-state index in [2.05, 4.69) is 37.8 Å². The summed E-state index contributed by atoms with van der Waals surface area (Å²) in [6.45, 7) is 4.89. The van der Waals surface area contributed by atoms with Gasteiger partial charge >= 0.3 is 0 Å². The maximum absolute atomic E-state index is 9.40. The van der Waals surface area contributed by atoms with Gasteiger partial charge < -0.3 is 19.4 Å². The Morgan fingerprint density at radius 3 is 2.82 bits per heavy atom. The van der Waals surface area contributed by atoms with Gasteiger partial charge in [0, 0.05) is 51.7 Å². The maximum Gasteiger partial charge on any atom is 0.227 e. The molecule has 28 heavy (non-hydrogen) atoms. The monoisotopic (exact) mass is 379 g/mol. The Morgan fingerprint density at radius 2 is 2.00 bits per heavy atom. The van der Waals surface area contributed by atoms with Crippen molar-refractivity contribution in [2.45, 2.75) is 18.9 Å². The number of likely N-dealkylation sites (N-methyl/N-ethyl adjacent to an activating group) is 1. The van der Waals surface area contributed by atoms with Crippen LogP contribution in [-0.4, -0.2) is 67.4 Å². The Labute approximate surface area is 165 Å². The van der Waals surface area contributed by atoms with Crippen molar-refractivity contribution in [3.8, 4) is 6.07 Å². The van der Waals surface area contributed by atoms with E-state index in [1.807, 2.05) is 18.3 Å². The number of hydrogen-bond acceptors (Lipinski definition) is 8. The summed E-state index contributed by atoms with van der Waals surface area (Å²) in [4.78, 5) is 20.4. The summed E-state index contributed by atoms with van der Waals surface area (Å²) < 4.78 is 5.44. The Hall–Kier alpha value is -2.92. The third-order valence-corrected chi connectivity index (χ3v) is 5.43. The predicted octanol–water partition coefficient (Wildman–Crippen LogP) is 1.69. The summed E-state index contributed by atoms with van der Waals surface area (Å²) in [5, 5.41) is 9.40. The lowest BCUT2D eigenvalue weighted by atomic mass is 10.0. The molecule has 8 nitrogen and oxygen atoms in total. The number of rotatable bonds is 4. The van der Waals surface area contributed by atoms with Crippen molar-refractivity contribution >= 4 is 17.6 Å².